The first kappa shape index (κ1) is 14.2. The topological polar surface area (TPSA) is 29.5 Å². The Labute approximate surface area is 126 Å². The van der Waals surface area contributed by atoms with Gasteiger partial charge in [0, 0.05) is 5.56 Å². The second kappa shape index (κ2) is 6.31. The van der Waals surface area contributed by atoms with E-state index in [0.29, 0.717) is 6.42 Å². The predicted octanol–water partition coefficient (Wildman–Crippen LogP) is 4.80. The molecule has 0 fully saturated rings. The van der Waals surface area contributed by atoms with Gasteiger partial charge >= 0.3 is 0 Å². The number of benzene rings is 2. The van der Waals surface area contributed by atoms with Gasteiger partial charge in [-0.15, -0.1) is 0 Å². The number of hydrogen-bond acceptors (Lipinski definition) is 2. The zero-order valence-electron chi connectivity index (χ0n) is 12.5. The highest BCUT2D eigenvalue weighted by atomic mass is 16.5. The van der Waals surface area contributed by atoms with Crippen LogP contribution in [0.2, 0.25) is 0 Å². The number of para-hydroxylation sites is 1. The molecule has 0 unspecified atom stereocenters. The van der Waals surface area contributed by atoms with Crippen LogP contribution in [0.4, 0.5) is 0 Å². The standard InChI is InChI=1S/C19H22O2/c1-2-18(20)17-9-5-6-10-19(17)21-16-12-11-14-7-3-4-8-15(14)13-16/h5-6,9-13,18,20H,2-4,7-8H2,1H3/t18-/m1/s1. The van der Waals surface area contributed by atoms with Gasteiger partial charge in [0.05, 0.1) is 6.10 Å². The van der Waals surface area contributed by atoms with E-state index < -0.39 is 6.10 Å². The monoisotopic (exact) mass is 282 g/mol. The van der Waals surface area contributed by atoms with Crippen molar-refractivity contribution in [2.75, 3.05) is 0 Å². The van der Waals surface area contributed by atoms with Crippen LogP contribution in [0.3, 0.4) is 0 Å². The van der Waals surface area contributed by atoms with E-state index in [1.54, 1.807) is 0 Å². The van der Waals surface area contributed by atoms with Gasteiger partial charge in [0.15, 0.2) is 0 Å². The zero-order chi connectivity index (χ0) is 14.7. The summed E-state index contributed by atoms with van der Waals surface area (Å²) in [6.07, 6.45) is 5.09. The molecule has 0 spiro atoms. The van der Waals surface area contributed by atoms with Crippen LogP contribution in [-0.4, -0.2) is 5.11 Å². The first-order valence-electron chi connectivity index (χ1n) is 7.84. The molecule has 0 aliphatic heterocycles. The summed E-state index contributed by atoms with van der Waals surface area (Å²) in [5.41, 5.74) is 3.72. The van der Waals surface area contributed by atoms with Crippen molar-refractivity contribution in [3.05, 3.63) is 59.2 Å². The van der Waals surface area contributed by atoms with Gasteiger partial charge in [0.25, 0.3) is 0 Å². The normalized spacial score (nSPS) is 15.3. The zero-order valence-corrected chi connectivity index (χ0v) is 12.5. The quantitative estimate of drug-likeness (QED) is 0.872. The van der Waals surface area contributed by atoms with Gasteiger partial charge < -0.3 is 9.84 Å². The molecule has 0 amide bonds. The number of aliphatic hydroxyl groups is 1. The molecule has 110 valence electrons. The lowest BCUT2D eigenvalue weighted by atomic mass is 9.92. The molecule has 1 N–H and O–H groups in total. The predicted molar refractivity (Wildman–Crippen MR) is 84.9 cm³/mol. The van der Waals surface area contributed by atoms with Crippen LogP contribution in [0, 0.1) is 0 Å². The molecule has 2 aromatic rings. The van der Waals surface area contributed by atoms with Crippen LogP contribution in [0.5, 0.6) is 11.5 Å². The number of rotatable bonds is 4. The van der Waals surface area contributed by atoms with Gasteiger partial charge in [0.2, 0.25) is 0 Å². The maximum atomic E-state index is 10.1. The summed E-state index contributed by atoms with van der Waals surface area (Å²) >= 11 is 0. The molecule has 0 aromatic heterocycles. The SMILES string of the molecule is CC[C@@H](O)c1ccccc1Oc1ccc2c(c1)CCCC2. The summed E-state index contributed by atoms with van der Waals surface area (Å²) in [6, 6.07) is 14.1. The molecule has 3 rings (SSSR count). The van der Waals surface area contributed by atoms with E-state index in [2.05, 4.69) is 12.1 Å². The van der Waals surface area contributed by atoms with Crippen molar-refractivity contribution in [1.82, 2.24) is 0 Å². The van der Waals surface area contributed by atoms with Crippen LogP contribution in [0.25, 0.3) is 0 Å². The van der Waals surface area contributed by atoms with Crippen molar-refractivity contribution in [2.45, 2.75) is 45.1 Å². The van der Waals surface area contributed by atoms with Gasteiger partial charge in [-0.05, 0) is 61.4 Å². The van der Waals surface area contributed by atoms with Crippen LogP contribution in [0.1, 0.15) is 49.0 Å². The van der Waals surface area contributed by atoms with Gasteiger partial charge in [-0.2, -0.15) is 0 Å². The lowest BCUT2D eigenvalue weighted by Gasteiger charge is -2.18. The van der Waals surface area contributed by atoms with Crippen LogP contribution < -0.4 is 4.74 Å². The average Bonchev–Trinajstić information content (AvgIpc) is 2.54. The highest BCUT2D eigenvalue weighted by molar-refractivity contribution is 5.42. The van der Waals surface area contributed by atoms with Crippen molar-refractivity contribution >= 4 is 0 Å². The first-order valence-corrected chi connectivity index (χ1v) is 7.84. The van der Waals surface area contributed by atoms with Crippen LogP contribution >= 0.6 is 0 Å². The fourth-order valence-electron chi connectivity index (χ4n) is 2.97. The molecule has 0 saturated carbocycles. The second-order valence-electron chi connectivity index (χ2n) is 5.70. The van der Waals surface area contributed by atoms with E-state index in [4.69, 9.17) is 4.74 Å². The van der Waals surface area contributed by atoms with Gasteiger partial charge in [-0.25, -0.2) is 0 Å². The Morgan fingerprint density at radius 1 is 1.05 bits per heavy atom. The Balaban J connectivity index is 1.87. The van der Waals surface area contributed by atoms with Crippen molar-refractivity contribution in [3.63, 3.8) is 0 Å². The van der Waals surface area contributed by atoms with Crippen molar-refractivity contribution < 1.29 is 9.84 Å². The van der Waals surface area contributed by atoms with Crippen molar-refractivity contribution in [2.24, 2.45) is 0 Å². The fraction of sp³-hybridized carbons (Fsp3) is 0.368. The minimum Gasteiger partial charge on any atom is -0.457 e. The first-order chi connectivity index (χ1) is 10.3. The molecular formula is C19H22O2. The molecule has 0 saturated heterocycles. The largest absolute Gasteiger partial charge is 0.457 e. The van der Waals surface area contributed by atoms with E-state index >= 15 is 0 Å². The third kappa shape index (κ3) is 3.11. The lowest BCUT2D eigenvalue weighted by molar-refractivity contribution is 0.170. The number of aliphatic hydroxyl groups excluding tert-OH is 1. The van der Waals surface area contributed by atoms with E-state index in [9.17, 15) is 5.11 Å². The maximum Gasteiger partial charge on any atom is 0.133 e. The summed E-state index contributed by atoms with van der Waals surface area (Å²) in [5.74, 6) is 1.62. The second-order valence-corrected chi connectivity index (χ2v) is 5.70. The van der Waals surface area contributed by atoms with Crippen LogP contribution in [-0.2, 0) is 12.8 Å². The summed E-state index contributed by atoms with van der Waals surface area (Å²) in [7, 11) is 0. The van der Waals surface area contributed by atoms with Crippen molar-refractivity contribution in [1.29, 1.82) is 0 Å². The number of hydrogen-bond donors (Lipinski definition) is 1. The summed E-state index contributed by atoms with van der Waals surface area (Å²) in [5, 5.41) is 10.1. The molecule has 0 radical (unpaired) electrons. The summed E-state index contributed by atoms with van der Waals surface area (Å²) < 4.78 is 6.04. The molecular weight excluding hydrogens is 260 g/mol. The maximum absolute atomic E-state index is 10.1. The third-order valence-corrected chi connectivity index (χ3v) is 4.21. The smallest absolute Gasteiger partial charge is 0.133 e. The Morgan fingerprint density at radius 3 is 2.62 bits per heavy atom. The van der Waals surface area contributed by atoms with Gasteiger partial charge in [-0.1, -0.05) is 31.2 Å². The van der Waals surface area contributed by atoms with Gasteiger partial charge in [-0.3, -0.25) is 0 Å². The summed E-state index contributed by atoms with van der Waals surface area (Å²) in [4.78, 5) is 0. The van der Waals surface area contributed by atoms with Crippen LogP contribution in [0.15, 0.2) is 42.5 Å². The molecule has 0 bridgehead atoms. The van der Waals surface area contributed by atoms with E-state index in [1.165, 1.54) is 30.4 Å². The number of ether oxygens (including phenoxy) is 1. The Hall–Kier alpha value is -1.80. The van der Waals surface area contributed by atoms with E-state index in [1.807, 2.05) is 37.3 Å². The molecule has 21 heavy (non-hydrogen) atoms. The van der Waals surface area contributed by atoms with E-state index in [0.717, 1.165) is 23.5 Å². The highest BCUT2D eigenvalue weighted by Crippen LogP contribution is 2.33. The number of fused-ring (bicyclic) bond motifs is 1. The molecule has 2 nitrogen and oxygen atoms in total. The third-order valence-electron chi connectivity index (χ3n) is 4.21. The Bertz CT molecular complexity index is 619. The molecule has 0 heterocycles. The molecule has 2 aromatic carbocycles. The highest BCUT2D eigenvalue weighted by Gasteiger charge is 2.14. The molecule has 2 heteroatoms. The molecule has 1 aliphatic carbocycles. The molecule has 1 atom stereocenters. The summed E-state index contributed by atoms with van der Waals surface area (Å²) in [6.45, 7) is 1.97. The minimum absolute atomic E-state index is 0.473. The van der Waals surface area contributed by atoms with Gasteiger partial charge in [0.1, 0.15) is 11.5 Å². The molecule has 1 aliphatic rings. The minimum atomic E-state index is -0.473. The Kier molecular flexibility index (Phi) is 4.26. The number of aryl methyl sites for hydroxylation is 2. The fourth-order valence-corrected chi connectivity index (χ4v) is 2.97. The van der Waals surface area contributed by atoms with E-state index in [-0.39, 0.29) is 0 Å². The van der Waals surface area contributed by atoms with Crippen molar-refractivity contribution in [3.8, 4) is 11.5 Å². The lowest BCUT2D eigenvalue weighted by Crippen LogP contribution is -2.03. The Morgan fingerprint density at radius 2 is 1.81 bits per heavy atom. The average molecular weight is 282 g/mol.